The number of hydrogen-bond donors (Lipinski definition) is 2. The third-order valence-electron chi connectivity index (χ3n) is 0.137. The summed E-state index contributed by atoms with van der Waals surface area (Å²) in [6.45, 7) is 0. The number of hydrogen-bond acceptors (Lipinski definition) is 2. The Balaban J connectivity index is -0.0000000417. The van der Waals surface area contributed by atoms with Crippen LogP contribution in [0.4, 0.5) is 0 Å². The van der Waals surface area contributed by atoms with Gasteiger partial charge in [0.1, 0.15) is 0 Å². The van der Waals surface area contributed by atoms with Crippen LogP contribution in [0.25, 0.3) is 0 Å². The van der Waals surface area contributed by atoms with Crippen molar-refractivity contribution >= 4 is 46.8 Å². The van der Waals surface area contributed by atoms with Crippen LogP contribution in [0, 0.1) is 0 Å². The van der Waals surface area contributed by atoms with Crippen LogP contribution in [0.3, 0.4) is 0 Å². The summed E-state index contributed by atoms with van der Waals surface area (Å²) in [5.74, 6) is 0. The van der Waals surface area contributed by atoms with Crippen molar-refractivity contribution in [3.05, 3.63) is 0 Å². The van der Waals surface area contributed by atoms with Crippen LogP contribution >= 0.6 is 17.3 Å². The van der Waals surface area contributed by atoms with Crippen LogP contribution in [0.1, 0.15) is 2.85 Å². The quantitative estimate of drug-likeness (QED) is 0.395. The van der Waals surface area contributed by atoms with Crippen LogP contribution < -0.4 is 0 Å². The van der Waals surface area contributed by atoms with E-state index in [-0.39, 0.29) is 32.4 Å². The Hall–Kier alpha value is 1.54. The molecular weight excluding hydrogens is 149 g/mol. The Bertz CT molecular complexity index is 80.6. The summed E-state index contributed by atoms with van der Waals surface area (Å²) >= 11 is 0. The zero-order valence-electron chi connectivity index (χ0n) is 4.74. The average molecular weight is 156 g/mol. The molecule has 2 N–H and O–H groups in total. The van der Waals surface area contributed by atoms with E-state index in [2.05, 4.69) is 4.31 Å². The van der Waals surface area contributed by atoms with Crippen LogP contribution in [-0.2, 0) is 8.88 Å². The standard InChI is InChI=1S/Na.H4O4P2.H/c;1-6(2,3)4-5;/h;5H2,(H2,1,2,3);/p+2. The maximum absolute atomic E-state index is 9.45. The van der Waals surface area contributed by atoms with Crippen molar-refractivity contribution in [3.8, 4) is 0 Å². The average Bonchev–Trinajstić information content (AvgIpc) is 1.35. The second kappa shape index (κ2) is 4.42. The first-order valence-corrected chi connectivity index (χ1v) is 3.00. The van der Waals surface area contributed by atoms with Gasteiger partial charge >= 0.3 is 40.2 Å². The molecule has 0 bridgehead atoms. The second-order valence-corrected chi connectivity index (χ2v) is 2.42. The molecule has 0 saturated carbocycles. The SMILES string of the molecule is O=P(O)(O)OP.[H+].[H+].[NaH]. The monoisotopic (exact) mass is 156 g/mol. The molecule has 4 nitrogen and oxygen atoms in total. The molecule has 0 aromatic rings. The van der Waals surface area contributed by atoms with E-state index in [1.165, 1.54) is 9.47 Å². The van der Waals surface area contributed by atoms with Gasteiger partial charge in [0.25, 0.3) is 0 Å². The van der Waals surface area contributed by atoms with Gasteiger partial charge in [-0.05, 0) is 0 Å². The van der Waals surface area contributed by atoms with Crippen LogP contribution in [0.15, 0.2) is 0 Å². The third-order valence-corrected chi connectivity index (χ3v) is 1.24. The van der Waals surface area contributed by atoms with E-state index in [1.54, 1.807) is 0 Å². The molecule has 0 aromatic carbocycles. The van der Waals surface area contributed by atoms with E-state index in [0.29, 0.717) is 0 Å². The Morgan fingerprint density at radius 3 is 1.86 bits per heavy atom. The minimum atomic E-state index is -4.18. The zero-order valence-corrected chi connectivity index (χ0v) is 4.78. The molecule has 1 unspecified atom stereocenters. The molecule has 0 heterocycles. The molecule has 0 radical (unpaired) electrons. The molecule has 0 aromatic heterocycles. The Morgan fingerprint density at radius 1 is 1.71 bits per heavy atom. The predicted molar refractivity (Wildman–Crippen MR) is 32.2 cm³/mol. The number of rotatable bonds is 1. The molecular formula is H7NaO4P2+2. The summed E-state index contributed by atoms with van der Waals surface area (Å²) in [6.07, 6.45) is 0. The van der Waals surface area contributed by atoms with Crippen molar-refractivity contribution in [3.63, 3.8) is 0 Å². The van der Waals surface area contributed by atoms with Crippen LogP contribution in [0.2, 0.25) is 0 Å². The molecule has 0 aliphatic rings. The van der Waals surface area contributed by atoms with Gasteiger partial charge < -0.3 is 9.79 Å². The molecule has 40 valence electrons. The van der Waals surface area contributed by atoms with Crippen molar-refractivity contribution < 1.29 is 21.5 Å². The van der Waals surface area contributed by atoms with Gasteiger partial charge in [0, 0.05) is 9.47 Å². The third kappa shape index (κ3) is 11.2. The van der Waals surface area contributed by atoms with E-state index < -0.39 is 7.82 Å². The molecule has 7 heteroatoms. The van der Waals surface area contributed by atoms with E-state index in [0.717, 1.165) is 0 Å². The maximum atomic E-state index is 9.45. The fourth-order valence-electron chi connectivity index (χ4n) is 0. The van der Waals surface area contributed by atoms with Gasteiger partial charge in [-0.2, -0.15) is 0 Å². The van der Waals surface area contributed by atoms with E-state index in [1.807, 2.05) is 0 Å². The van der Waals surface area contributed by atoms with Crippen molar-refractivity contribution in [2.75, 3.05) is 0 Å². The molecule has 0 fully saturated rings. The van der Waals surface area contributed by atoms with Crippen molar-refractivity contribution in [2.45, 2.75) is 0 Å². The molecule has 7 heavy (non-hydrogen) atoms. The molecule has 0 aliphatic carbocycles. The first-order valence-electron chi connectivity index (χ1n) is 1.00. The Labute approximate surface area is 68.4 Å². The van der Waals surface area contributed by atoms with Gasteiger partial charge in [-0.1, -0.05) is 0 Å². The van der Waals surface area contributed by atoms with Gasteiger partial charge in [-0.25, -0.2) is 4.57 Å². The molecule has 0 aliphatic heterocycles. The second-order valence-electron chi connectivity index (χ2n) is 0.596. The van der Waals surface area contributed by atoms with Crippen LogP contribution in [0.5, 0.6) is 0 Å². The van der Waals surface area contributed by atoms with Gasteiger partial charge in [-0.3, -0.25) is 4.31 Å². The minimum absolute atomic E-state index is 0. The summed E-state index contributed by atoms with van der Waals surface area (Å²) in [5.41, 5.74) is 0. The van der Waals surface area contributed by atoms with E-state index in [9.17, 15) is 4.57 Å². The summed E-state index contributed by atoms with van der Waals surface area (Å²) in [5, 5.41) is 0. The van der Waals surface area contributed by atoms with Gasteiger partial charge in [0.2, 0.25) is 0 Å². The zero-order chi connectivity index (χ0) is 5.21. The fraction of sp³-hybridized carbons (Fsp3) is 0. The summed E-state index contributed by atoms with van der Waals surface area (Å²) in [6, 6.07) is 0. The Morgan fingerprint density at radius 2 is 1.86 bits per heavy atom. The topological polar surface area (TPSA) is 66.8 Å². The fourth-order valence-corrected chi connectivity index (χ4v) is 0. The molecule has 0 saturated heterocycles. The molecule has 1 atom stereocenters. The van der Waals surface area contributed by atoms with Crippen molar-refractivity contribution in [1.29, 1.82) is 0 Å². The first-order chi connectivity index (χ1) is 2.56. The molecule has 0 spiro atoms. The normalized spacial score (nSPS) is 10.1. The first kappa shape index (κ1) is 11.4. The van der Waals surface area contributed by atoms with E-state index in [4.69, 9.17) is 9.79 Å². The van der Waals surface area contributed by atoms with Crippen molar-refractivity contribution in [2.24, 2.45) is 0 Å². The van der Waals surface area contributed by atoms with Crippen LogP contribution in [-0.4, -0.2) is 39.3 Å². The van der Waals surface area contributed by atoms with Gasteiger partial charge in [-0.15, -0.1) is 0 Å². The summed E-state index contributed by atoms with van der Waals surface area (Å²) in [7, 11) is -2.72. The summed E-state index contributed by atoms with van der Waals surface area (Å²) in [4.78, 5) is 15.4. The predicted octanol–water partition coefficient (Wildman–Crippen LogP) is -0.538. The van der Waals surface area contributed by atoms with Gasteiger partial charge in [0.05, 0.1) is 0 Å². The van der Waals surface area contributed by atoms with Gasteiger partial charge in [0.15, 0.2) is 0 Å². The Kier molecular flexibility index (Phi) is 7.17. The van der Waals surface area contributed by atoms with E-state index >= 15 is 0 Å². The molecule has 0 rings (SSSR count). The summed E-state index contributed by atoms with van der Waals surface area (Å²) < 4.78 is 13.0. The number of phosphoric acid groups is 1. The molecule has 0 amide bonds. The van der Waals surface area contributed by atoms with Crippen molar-refractivity contribution in [1.82, 2.24) is 0 Å².